The molecule has 1 N–H and O–H groups in total. The SMILES string of the molecule is CC1(C)CCCC1NC(=O)C(F)(F)C(F)F. The second-order valence-corrected chi connectivity index (χ2v) is 4.83. The summed E-state index contributed by atoms with van der Waals surface area (Å²) in [4.78, 5) is 11.0. The fourth-order valence-electron chi connectivity index (χ4n) is 1.95. The Morgan fingerprint density at radius 3 is 2.38 bits per heavy atom. The van der Waals surface area contributed by atoms with Gasteiger partial charge in [-0.1, -0.05) is 20.3 Å². The number of hydrogen-bond donors (Lipinski definition) is 1. The van der Waals surface area contributed by atoms with Crippen molar-refractivity contribution < 1.29 is 22.4 Å². The average molecular weight is 241 g/mol. The first kappa shape index (κ1) is 13.3. The molecule has 0 aromatic rings. The molecular formula is C10H15F4NO. The molecule has 0 aliphatic heterocycles. The van der Waals surface area contributed by atoms with Crippen molar-refractivity contribution in [2.24, 2.45) is 5.41 Å². The fourth-order valence-corrected chi connectivity index (χ4v) is 1.95. The first-order valence-corrected chi connectivity index (χ1v) is 5.15. The van der Waals surface area contributed by atoms with Crippen molar-refractivity contribution in [2.45, 2.75) is 51.5 Å². The highest BCUT2D eigenvalue weighted by molar-refractivity contribution is 5.84. The van der Waals surface area contributed by atoms with Crippen LogP contribution in [0.3, 0.4) is 0 Å². The Kier molecular flexibility index (Phi) is 3.50. The minimum atomic E-state index is -4.60. The second kappa shape index (κ2) is 4.22. The molecule has 2 nitrogen and oxygen atoms in total. The number of nitrogens with one attached hydrogen (secondary N) is 1. The van der Waals surface area contributed by atoms with Crippen LogP contribution in [0, 0.1) is 5.41 Å². The molecule has 0 heterocycles. The zero-order valence-corrected chi connectivity index (χ0v) is 9.20. The summed E-state index contributed by atoms with van der Waals surface area (Å²) in [5.41, 5.74) is -0.312. The smallest absolute Gasteiger partial charge is 0.347 e. The Bertz CT molecular complexity index is 278. The van der Waals surface area contributed by atoms with Gasteiger partial charge in [-0.05, 0) is 18.3 Å². The van der Waals surface area contributed by atoms with E-state index in [2.05, 4.69) is 0 Å². The topological polar surface area (TPSA) is 29.1 Å². The summed E-state index contributed by atoms with van der Waals surface area (Å²) >= 11 is 0. The molecule has 0 spiro atoms. The lowest BCUT2D eigenvalue weighted by molar-refractivity contribution is -0.170. The molecule has 1 fully saturated rings. The predicted molar refractivity (Wildman–Crippen MR) is 50.5 cm³/mol. The lowest BCUT2D eigenvalue weighted by atomic mass is 9.87. The quantitative estimate of drug-likeness (QED) is 0.756. The van der Waals surface area contributed by atoms with Crippen LogP contribution in [0.5, 0.6) is 0 Å². The van der Waals surface area contributed by atoms with Gasteiger partial charge in [-0.2, -0.15) is 8.78 Å². The van der Waals surface area contributed by atoms with Gasteiger partial charge >= 0.3 is 12.3 Å². The van der Waals surface area contributed by atoms with E-state index in [0.29, 0.717) is 6.42 Å². The zero-order valence-electron chi connectivity index (χ0n) is 9.20. The average Bonchev–Trinajstić information content (AvgIpc) is 2.45. The third kappa shape index (κ3) is 2.47. The summed E-state index contributed by atoms with van der Waals surface area (Å²) in [5, 5.41) is 2.02. The van der Waals surface area contributed by atoms with Crippen LogP contribution >= 0.6 is 0 Å². The van der Waals surface area contributed by atoms with Gasteiger partial charge in [0.2, 0.25) is 0 Å². The van der Waals surface area contributed by atoms with Gasteiger partial charge < -0.3 is 5.32 Å². The Morgan fingerprint density at radius 2 is 2.00 bits per heavy atom. The van der Waals surface area contributed by atoms with Gasteiger partial charge in [0.05, 0.1) is 0 Å². The molecule has 1 saturated carbocycles. The van der Waals surface area contributed by atoms with Crippen LogP contribution in [0.4, 0.5) is 17.6 Å². The highest BCUT2D eigenvalue weighted by atomic mass is 19.3. The van der Waals surface area contributed by atoms with Gasteiger partial charge in [-0.25, -0.2) is 8.78 Å². The van der Waals surface area contributed by atoms with Crippen molar-refractivity contribution in [3.05, 3.63) is 0 Å². The summed E-state index contributed by atoms with van der Waals surface area (Å²) in [6.07, 6.45) is -1.81. The molecular weight excluding hydrogens is 226 g/mol. The number of amides is 1. The molecule has 1 unspecified atom stereocenters. The van der Waals surface area contributed by atoms with E-state index in [-0.39, 0.29) is 5.41 Å². The van der Waals surface area contributed by atoms with E-state index in [9.17, 15) is 22.4 Å². The first-order chi connectivity index (χ1) is 7.18. The summed E-state index contributed by atoms with van der Waals surface area (Å²) in [6.45, 7) is 3.65. The molecule has 1 aliphatic rings. The largest absolute Gasteiger partial charge is 0.383 e. The highest BCUT2D eigenvalue weighted by Gasteiger charge is 2.50. The molecule has 1 atom stereocenters. The van der Waals surface area contributed by atoms with Gasteiger partial charge in [0.15, 0.2) is 0 Å². The Labute approximate surface area is 91.4 Å². The number of carbonyl (C=O) groups excluding carboxylic acids is 1. The van der Waals surface area contributed by atoms with Gasteiger partial charge in [-0.3, -0.25) is 4.79 Å². The third-order valence-corrected chi connectivity index (χ3v) is 3.14. The number of hydrogen-bond acceptors (Lipinski definition) is 1. The minimum Gasteiger partial charge on any atom is -0.347 e. The lowest BCUT2D eigenvalue weighted by Gasteiger charge is -2.29. The van der Waals surface area contributed by atoms with Crippen molar-refractivity contribution in [3.8, 4) is 0 Å². The van der Waals surface area contributed by atoms with E-state index in [1.807, 2.05) is 19.2 Å². The first-order valence-electron chi connectivity index (χ1n) is 5.15. The van der Waals surface area contributed by atoms with E-state index >= 15 is 0 Å². The van der Waals surface area contributed by atoms with Crippen LogP contribution in [-0.4, -0.2) is 24.3 Å². The molecule has 1 aliphatic carbocycles. The van der Waals surface area contributed by atoms with Crippen molar-refractivity contribution in [3.63, 3.8) is 0 Å². The molecule has 16 heavy (non-hydrogen) atoms. The Morgan fingerprint density at radius 1 is 1.44 bits per heavy atom. The number of carbonyl (C=O) groups is 1. The zero-order chi connectivity index (χ0) is 12.6. The summed E-state index contributed by atoms with van der Waals surface area (Å²) in [7, 11) is 0. The maximum Gasteiger partial charge on any atom is 0.383 e. The maximum atomic E-state index is 12.7. The van der Waals surface area contributed by atoms with Gasteiger partial charge in [0.1, 0.15) is 0 Å². The monoisotopic (exact) mass is 241 g/mol. The van der Waals surface area contributed by atoms with Crippen LogP contribution in [0.1, 0.15) is 33.1 Å². The fraction of sp³-hybridized carbons (Fsp3) is 0.900. The lowest BCUT2D eigenvalue weighted by Crippen LogP contribution is -2.51. The number of halogens is 4. The summed E-state index contributed by atoms with van der Waals surface area (Å²) in [5.74, 6) is -6.47. The molecule has 0 aromatic carbocycles. The van der Waals surface area contributed by atoms with E-state index in [1.54, 1.807) is 0 Å². The number of rotatable bonds is 3. The van der Waals surface area contributed by atoms with Crippen molar-refractivity contribution in [1.82, 2.24) is 5.32 Å². The Balaban J connectivity index is 2.65. The highest BCUT2D eigenvalue weighted by Crippen LogP contribution is 2.37. The second-order valence-electron chi connectivity index (χ2n) is 4.83. The molecule has 0 aromatic heterocycles. The normalized spacial score (nSPS) is 24.8. The summed E-state index contributed by atoms with van der Waals surface area (Å²) < 4.78 is 49.2. The van der Waals surface area contributed by atoms with E-state index in [1.165, 1.54) is 0 Å². The predicted octanol–water partition coefficient (Wildman–Crippen LogP) is 2.58. The molecule has 0 saturated heterocycles. The van der Waals surface area contributed by atoms with Gasteiger partial charge in [-0.15, -0.1) is 0 Å². The van der Waals surface area contributed by atoms with Crippen LogP contribution in [-0.2, 0) is 4.79 Å². The molecule has 0 radical (unpaired) electrons. The van der Waals surface area contributed by atoms with Crippen LogP contribution < -0.4 is 5.32 Å². The Hall–Kier alpha value is -0.810. The van der Waals surface area contributed by atoms with E-state index in [4.69, 9.17) is 0 Å². The molecule has 6 heteroatoms. The van der Waals surface area contributed by atoms with Crippen LogP contribution in [0.2, 0.25) is 0 Å². The van der Waals surface area contributed by atoms with E-state index in [0.717, 1.165) is 12.8 Å². The van der Waals surface area contributed by atoms with Crippen LogP contribution in [0.15, 0.2) is 0 Å². The van der Waals surface area contributed by atoms with Gasteiger partial charge in [0.25, 0.3) is 5.91 Å². The third-order valence-electron chi connectivity index (χ3n) is 3.14. The van der Waals surface area contributed by atoms with Crippen molar-refractivity contribution in [2.75, 3.05) is 0 Å². The van der Waals surface area contributed by atoms with Crippen molar-refractivity contribution >= 4 is 5.91 Å². The standard InChI is InChI=1S/C10H15F4NO/c1-9(2)5-3-4-6(9)15-8(16)10(13,14)7(11)12/h6-7H,3-5H2,1-2H3,(H,15,16). The van der Waals surface area contributed by atoms with Gasteiger partial charge in [0, 0.05) is 6.04 Å². The molecule has 1 rings (SSSR count). The molecule has 0 bridgehead atoms. The molecule has 1 amide bonds. The maximum absolute atomic E-state index is 12.7. The summed E-state index contributed by atoms with van der Waals surface area (Å²) in [6, 6.07) is -0.454. The van der Waals surface area contributed by atoms with Crippen LogP contribution in [0.25, 0.3) is 0 Å². The van der Waals surface area contributed by atoms with E-state index < -0.39 is 24.3 Å². The molecule has 94 valence electrons. The minimum absolute atomic E-state index is 0.312. The van der Waals surface area contributed by atoms with Crippen molar-refractivity contribution in [1.29, 1.82) is 0 Å². The number of alkyl halides is 4.